The second kappa shape index (κ2) is 33.4. The number of hydrogen-bond acceptors (Lipinski definition) is 10. The fourth-order valence-electron chi connectivity index (χ4n) is 22.6. The standard InChI is InChI=1S/C49H33N3O.C48H32N4S.C34H21N3S/c1-49(2)40-26-32(33-20-13-21-37-36-19-10-12-23-46(36)53-47(33)37)24-25-34(40)38-28-45-39(27-41(38)49)35-18-9-11-22-44(35)52(45)48-50-42(30-14-5-3-6-15-30)29-43(51-48)31-16-7-4-8-17-31;1-48(2)39-26-31(32-20-13-21-36-35-19-10-12-23-43(35)53-44(32)36)24-25-33(39)37-28-42-38(27-40(37)48)34-18-9-11-22-41(34)52(42)47-50-45(29-14-5-3-6-15-29)49-46(51-47)30-16-7-4-8-17-30;1-3-11-22(12-4-1)27-21-28(23-13-5-2-6-14-23)36-34(35-27)37-29-17-9-7-16-26(29)32-30(37)20-19-25-24-15-8-10-18-31(24)38-33(25)32/h3-29H,1-2H3;3-28H,1-2H3;1-21H. The number of nitrogens with zero attached hydrogens (tertiary/aromatic N) is 10. The van der Waals surface area contributed by atoms with Crippen molar-refractivity contribution in [1.29, 1.82) is 0 Å². The van der Waals surface area contributed by atoms with Gasteiger partial charge in [-0.05, 0) is 152 Å². The van der Waals surface area contributed by atoms with Crippen LogP contribution in [0.5, 0.6) is 0 Å². The summed E-state index contributed by atoms with van der Waals surface area (Å²) in [6.07, 6.45) is 0. The molecule has 19 aromatic carbocycles. The third-order valence-electron chi connectivity index (χ3n) is 29.5. The number of benzene rings is 19. The van der Waals surface area contributed by atoms with Crippen molar-refractivity contribution in [2.45, 2.75) is 38.5 Å². The van der Waals surface area contributed by atoms with Crippen molar-refractivity contribution in [3.63, 3.8) is 0 Å². The van der Waals surface area contributed by atoms with Gasteiger partial charge < -0.3 is 4.42 Å². The van der Waals surface area contributed by atoms with E-state index in [1.54, 1.807) is 0 Å². The highest BCUT2D eigenvalue weighted by Crippen LogP contribution is 2.56. The highest BCUT2D eigenvalue weighted by Gasteiger charge is 2.40. The first-order valence-electron chi connectivity index (χ1n) is 48.9. The molecule has 144 heavy (non-hydrogen) atoms. The quantitative estimate of drug-likeness (QED) is 0.126. The van der Waals surface area contributed by atoms with Crippen LogP contribution < -0.4 is 0 Å². The lowest BCUT2D eigenvalue weighted by Gasteiger charge is -2.22. The molecule has 28 aromatic rings. The van der Waals surface area contributed by atoms with Gasteiger partial charge in [0.1, 0.15) is 11.2 Å². The molecular formula is C131H86N10OS2. The Balaban J connectivity index is 0.000000107. The maximum atomic E-state index is 6.47. The SMILES string of the molecule is CC1(C)c2cc(-c3cccc4c3oc3ccccc34)ccc2-c2cc3c(cc21)c1ccccc1n3-c1nc(-c2ccccc2)cc(-c2ccccc2)n1.CC1(C)c2cc(-c3cccc4c3sc3ccccc34)ccc2-c2cc3c(cc21)c1ccccc1n3-c1nc(-c2ccccc2)nc(-c2ccccc2)n1.c1ccc(-c2cc(-c3ccccc3)nc(-n3c4ccccc4c4c5sc6ccccc6c5ccc43)n2)cc1. The minimum atomic E-state index is -0.218. The highest BCUT2D eigenvalue weighted by molar-refractivity contribution is 7.27. The van der Waals surface area contributed by atoms with Gasteiger partial charge >= 0.3 is 0 Å². The summed E-state index contributed by atoms with van der Waals surface area (Å²) >= 11 is 3.75. The highest BCUT2D eigenvalue weighted by atomic mass is 32.1. The molecule has 0 amide bonds. The van der Waals surface area contributed by atoms with E-state index in [0.29, 0.717) is 29.5 Å². The molecule has 0 saturated heterocycles. The Morgan fingerprint density at radius 2 is 0.562 bits per heavy atom. The third kappa shape index (κ3) is 13.6. The van der Waals surface area contributed by atoms with Crippen molar-refractivity contribution in [3.05, 3.63) is 471 Å². The van der Waals surface area contributed by atoms with Crippen molar-refractivity contribution in [3.8, 4) is 130 Å². The molecule has 0 bridgehead atoms. The van der Waals surface area contributed by atoms with E-state index in [1.165, 1.54) is 128 Å². The van der Waals surface area contributed by atoms with Crippen LogP contribution in [0.25, 0.3) is 258 Å². The van der Waals surface area contributed by atoms with E-state index in [2.05, 4.69) is 418 Å². The number of hydrogen-bond donors (Lipinski definition) is 0. The zero-order chi connectivity index (χ0) is 95.6. The van der Waals surface area contributed by atoms with Crippen molar-refractivity contribution >= 4 is 150 Å². The molecule has 2 aliphatic carbocycles. The Morgan fingerprint density at radius 1 is 0.208 bits per heavy atom. The normalized spacial score (nSPS) is 12.8. The molecule has 11 nitrogen and oxygen atoms in total. The summed E-state index contributed by atoms with van der Waals surface area (Å²) in [6, 6.07) is 159. The molecule has 2 aliphatic rings. The molecule has 0 radical (unpaired) electrons. The average molecular weight is 1880 g/mol. The monoisotopic (exact) mass is 1880 g/mol. The van der Waals surface area contributed by atoms with Gasteiger partial charge in [0.15, 0.2) is 11.6 Å². The predicted molar refractivity (Wildman–Crippen MR) is 599 cm³/mol. The number of furan rings is 1. The predicted octanol–water partition coefficient (Wildman–Crippen LogP) is 34.7. The number of rotatable bonds is 11. The number of para-hydroxylation sites is 5. The van der Waals surface area contributed by atoms with Crippen LogP contribution in [-0.2, 0) is 10.8 Å². The molecule has 0 spiro atoms. The van der Waals surface area contributed by atoms with Gasteiger partial charge in [-0.2, -0.15) is 9.97 Å². The van der Waals surface area contributed by atoms with E-state index in [4.69, 9.17) is 39.3 Å². The minimum absolute atomic E-state index is 0.194. The van der Waals surface area contributed by atoms with Gasteiger partial charge in [0.05, 0.1) is 55.9 Å². The summed E-state index contributed by atoms with van der Waals surface area (Å²) in [4.78, 5) is 36.1. The lowest BCUT2D eigenvalue weighted by Crippen LogP contribution is -2.15. The zero-order valence-electron chi connectivity index (χ0n) is 78.9. The minimum Gasteiger partial charge on any atom is -0.455 e. The Morgan fingerprint density at radius 3 is 1.04 bits per heavy atom. The Kier molecular flexibility index (Phi) is 19.5. The lowest BCUT2D eigenvalue weighted by atomic mass is 9.81. The maximum Gasteiger partial charge on any atom is 0.238 e. The van der Waals surface area contributed by atoms with Gasteiger partial charge in [-0.3, -0.25) is 13.7 Å². The molecule has 0 unspecified atom stereocenters. The second-order valence-electron chi connectivity index (χ2n) is 38.5. The van der Waals surface area contributed by atoms with E-state index in [9.17, 15) is 0 Å². The molecule has 0 fully saturated rings. The van der Waals surface area contributed by atoms with Crippen LogP contribution in [0.3, 0.4) is 0 Å². The van der Waals surface area contributed by atoms with Crippen LogP contribution in [0.15, 0.2) is 453 Å². The smallest absolute Gasteiger partial charge is 0.238 e. The fourth-order valence-corrected chi connectivity index (χ4v) is 25.0. The zero-order valence-corrected chi connectivity index (χ0v) is 80.6. The summed E-state index contributed by atoms with van der Waals surface area (Å²) in [7, 11) is 0. The van der Waals surface area contributed by atoms with E-state index in [1.807, 2.05) is 95.5 Å². The van der Waals surface area contributed by atoms with Crippen LogP contribution in [0.2, 0.25) is 0 Å². The van der Waals surface area contributed by atoms with Crippen molar-refractivity contribution in [2.24, 2.45) is 0 Å². The summed E-state index contributed by atoms with van der Waals surface area (Å²) < 4.78 is 18.5. The summed E-state index contributed by atoms with van der Waals surface area (Å²) in [5, 5.41) is 14.8. The number of thiophene rings is 2. The van der Waals surface area contributed by atoms with Crippen LogP contribution in [0, 0.1) is 0 Å². The first-order chi connectivity index (χ1) is 70.9. The van der Waals surface area contributed by atoms with Gasteiger partial charge in [-0.25, -0.2) is 24.9 Å². The maximum absolute atomic E-state index is 6.47. The molecule has 9 aromatic heterocycles. The molecule has 678 valence electrons. The first kappa shape index (κ1) is 84.1. The van der Waals surface area contributed by atoms with E-state index in [0.717, 1.165) is 122 Å². The first-order valence-corrected chi connectivity index (χ1v) is 50.5. The number of fused-ring (bicyclic) bond motifs is 25. The van der Waals surface area contributed by atoms with Crippen molar-refractivity contribution in [2.75, 3.05) is 0 Å². The molecule has 0 saturated carbocycles. The van der Waals surface area contributed by atoms with E-state index in [-0.39, 0.29) is 10.8 Å². The second-order valence-corrected chi connectivity index (χ2v) is 40.6. The summed E-state index contributed by atoms with van der Waals surface area (Å²) in [5.41, 5.74) is 32.9. The fraction of sp³-hybridized carbons (Fsp3) is 0.0458. The van der Waals surface area contributed by atoms with E-state index < -0.39 is 0 Å². The van der Waals surface area contributed by atoms with Gasteiger partial charge in [-0.1, -0.05) is 386 Å². The van der Waals surface area contributed by atoms with Crippen LogP contribution in [0.1, 0.15) is 49.9 Å². The van der Waals surface area contributed by atoms with Crippen molar-refractivity contribution in [1.82, 2.24) is 48.6 Å². The molecule has 9 heterocycles. The molecular weight excluding hydrogens is 1790 g/mol. The lowest BCUT2D eigenvalue weighted by molar-refractivity contribution is 0.661. The largest absolute Gasteiger partial charge is 0.455 e. The molecule has 0 aliphatic heterocycles. The Bertz CT molecular complexity index is 9500. The third-order valence-corrected chi connectivity index (χ3v) is 32.0. The van der Waals surface area contributed by atoms with Crippen LogP contribution >= 0.6 is 22.7 Å². The van der Waals surface area contributed by atoms with E-state index >= 15 is 0 Å². The molecule has 13 heteroatoms. The Hall–Kier alpha value is -18.0. The van der Waals surface area contributed by atoms with Gasteiger partial charge in [0.25, 0.3) is 0 Å². The summed E-state index contributed by atoms with van der Waals surface area (Å²) in [6.45, 7) is 9.45. The van der Waals surface area contributed by atoms with Crippen LogP contribution in [0.4, 0.5) is 0 Å². The van der Waals surface area contributed by atoms with Crippen molar-refractivity contribution < 1.29 is 4.42 Å². The topological polar surface area (TPSA) is 118 Å². The van der Waals surface area contributed by atoms with Gasteiger partial charge in [-0.15, -0.1) is 22.7 Å². The van der Waals surface area contributed by atoms with Gasteiger partial charge in [0, 0.05) is 133 Å². The van der Waals surface area contributed by atoms with Gasteiger partial charge in [0.2, 0.25) is 17.8 Å². The molecule has 0 N–H and O–H groups in total. The Labute approximate surface area is 837 Å². The molecule has 0 atom stereocenters. The molecule has 30 rings (SSSR count). The van der Waals surface area contributed by atoms with Crippen LogP contribution in [-0.4, -0.2) is 48.6 Å². The average Bonchev–Trinajstić information content (AvgIpc) is 1.53. The number of aromatic nitrogens is 10. The summed E-state index contributed by atoms with van der Waals surface area (Å²) in [5.74, 6) is 3.23.